The van der Waals surface area contributed by atoms with Gasteiger partial charge in [0.15, 0.2) is 17.3 Å². The molecule has 1 amide bonds. The van der Waals surface area contributed by atoms with Crippen molar-refractivity contribution in [3.63, 3.8) is 0 Å². The fraction of sp³-hybridized carbons (Fsp3) is 0.227. The zero-order valence-electron chi connectivity index (χ0n) is 15.8. The van der Waals surface area contributed by atoms with E-state index in [9.17, 15) is 4.79 Å². The highest BCUT2D eigenvalue weighted by atomic mass is 16.6. The first-order valence-electron chi connectivity index (χ1n) is 9.08. The van der Waals surface area contributed by atoms with Crippen molar-refractivity contribution >= 4 is 11.6 Å². The Morgan fingerprint density at radius 3 is 2.68 bits per heavy atom. The molecule has 28 heavy (non-hydrogen) atoms. The summed E-state index contributed by atoms with van der Waals surface area (Å²) >= 11 is 0. The quantitative estimate of drug-likeness (QED) is 0.707. The maximum atomic E-state index is 12.5. The Morgan fingerprint density at radius 1 is 1.00 bits per heavy atom. The van der Waals surface area contributed by atoms with Gasteiger partial charge in [0.05, 0.1) is 0 Å². The van der Waals surface area contributed by atoms with Crippen molar-refractivity contribution in [3.05, 3.63) is 71.2 Å². The molecule has 3 aromatic rings. The lowest BCUT2D eigenvalue weighted by Crippen LogP contribution is -2.16. The van der Waals surface area contributed by atoms with Gasteiger partial charge in [-0.05, 0) is 55.3 Å². The van der Waals surface area contributed by atoms with Crippen LogP contribution in [0.1, 0.15) is 27.4 Å². The largest absolute Gasteiger partial charge is 0.486 e. The summed E-state index contributed by atoms with van der Waals surface area (Å²) in [6, 6.07) is 14.7. The first-order chi connectivity index (χ1) is 13.6. The molecule has 2 aromatic carbocycles. The van der Waals surface area contributed by atoms with Crippen molar-refractivity contribution in [1.82, 2.24) is 0 Å². The molecule has 0 saturated carbocycles. The minimum absolute atomic E-state index is 0.217. The highest BCUT2D eigenvalue weighted by Gasteiger charge is 2.15. The highest BCUT2D eigenvalue weighted by molar-refractivity contribution is 6.02. The van der Waals surface area contributed by atoms with Crippen LogP contribution in [0, 0.1) is 13.8 Å². The van der Waals surface area contributed by atoms with Gasteiger partial charge in [0.25, 0.3) is 5.91 Å². The predicted octanol–water partition coefficient (Wildman–Crippen LogP) is 4.50. The number of amides is 1. The monoisotopic (exact) mass is 379 g/mol. The number of hydrogen-bond donors (Lipinski definition) is 1. The van der Waals surface area contributed by atoms with E-state index in [1.54, 1.807) is 30.3 Å². The Kier molecular flexibility index (Phi) is 4.93. The summed E-state index contributed by atoms with van der Waals surface area (Å²) < 4.78 is 22.5. The number of fused-ring (bicyclic) bond motifs is 1. The zero-order valence-corrected chi connectivity index (χ0v) is 15.8. The number of nitrogens with one attached hydrogen (secondary N) is 1. The molecule has 144 valence electrons. The van der Waals surface area contributed by atoms with Gasteiger partial charge in [0.1, 0.15) is 31.3 Å². The molecule has 1 aromatic heterocycles. The molecule has 0 aliphatic carbocycles. The second kappa shape index (κ2) is 7.68. The number of furan rings is 1. The highest BCUT2D eigenvalue weighted by Crippen LogP contribution is 2.32. The van der Waals surface area contributed by atoms with Gasteiger partial charge >= 0.3 is 0 Å². The SMILES string of the molecule is Cc1ccc(C)c(OCc2ccc(C(=O)Nc3ccc4c(c3)OCCO4)o2)c1. The summed E-state index contributed by atoms with van der Waals surface area (Å²) in [5.74, 6) is 2.55. The van der Waals surface area contributed by atoms with Crippen LogP contribution in [0.15, 0.2) is 52.9 Å². The number of rotatable bonds is 5. The normalized spacial score (nSPS) is 12.5. The molecule has 0 spiro atoms. The number of anilines is 1. The molecule has 1 N–H and O–H groups in total. The fourth-order valence-electron chi connectivity index (χ4n) is 2.90. The van der Waals surface area contributed by atoms with Gasteiger partial charge in [-0.15, -0.1) is 0 Å². The molecule has 0 atom stereocenters. The average molecular weight is 379 g/mol. The Morgan fingerprint density at radius 2 is 1.82 bits per heavy atom. The second-order valence-electron chi connectivity index (χ2n) is 6.64. The van der Waals surface area contributed by atoms with Gasteiger partial charge in [-0.1, -0.05) is 12.1 Å². The molecule has 0 unspecified atom stereocenters. The summed E-state index contributed by atoms with van der Waals surface area (Å²) in [4.78, 5) is 12.5. The first-order valence-corrected chi connectivity index (χ1v) is 9.08. The maximum absolute atomic E-state index is 12.5. The van der Waals surface area contributed by atoms with Gasteiger partial charge in [-0.25, -0.2) is 0 Å². The van der Waals surface area contributed by atoms with E-state index in [1.165, 1.54) is 0 Å². The van der Waals surface area contributed by atoms with E-state index in [0.29, 0.717) is 36.2 Å². The number of aryl methyl sites for hydroxylation is 2. The van der Waals surface area contributed by atoms with E-state index in [1.807, 2.05) is 32.0 Å². The molecule has 0 radical (unpaired) electrons. The summed E-state index contributed by atoms with van der Waals surface area (Å²) in [5.41, 5.74) is 2.78. The van der Waals surface area contributed by atoms with Crippen LogP contribution >= 0.6 is 0 Å². The van der Waals surface area contributed by atoms with Crippen LogP contribution in [0.5, 0.6) is 17.2 Å². The molecular formula is C22H21NO5. The lowest BCUT2D eigenvalue weighted by molar-refractivity contribution is 0.0992. The Labute approximate surface area is 163 Å². The van der Waals surface area contributed by atoms with Crippen molar-refractivity contribution in [2.45, 2.75) is 20.5 Å². The van der Waals surface area contributed by atoms with Crippen LogP contribution in [0.25, 0.3) is 0 Å². The van der Waals surface area contributed by atoms with E-state index in [4.69, 9.17) is 18.6 Å². The fourth-order valence-corrected chi connectivity index (χ4v) is 2.90. The molecule has 4 rings (SSSR count). The van der Waals surface area contributed by atoms with E-state index >= 15 is 0 Å². The summed E-state index contributed by atoms with van der Waals surface area (Å²) in [6.45, 7) is 5.27. The molecular weight excluding hydrogens is 358 g/mol. The maximum Gasteiger partial charge on any atom is 0.291 e. The van der Waals surface area contributed by atoms with Crippen LogP contribution < -0.4 is 19.5 Å². The number of carbonyl (C=O) groups is 1. The van der Waals surface area contributed by atoms with Crippen molar-refractivity contribution in [1.29, 1.82) is 0 Å². The summed E-state index contributed by atoms with van der Waals surface area (Å²) in [5, 5.41) is 2.80. The van der Waals surface area contributed by atoms with Gasteiger partial charge in [0.2, 0.25) is 0 Å². The standard InChI is InChI=1S/C22H21NO5/c1-14-3-4-15(2)20(11-14)27-13-17-6-8-19(28-17)22(24)23-16-5-7-18-21(12-16)26-10-9-25-18/h3-8,11-12H,9-10,13H2,1-2H3,(H,23,24). The van der Waals surface area contributed by atoms with E-state index in [2.05, 4.69) is 5.32 Å². The Bertz CT molecular complexity index is 1010. The topological polar surface area (TPSA) is 69.9 Å². The van der Waals surface area contributed by atoms with Gasteiger partial charge in [-0.2, -0.15) is 0 Å². The summed E-state index contributed by atoms with van der Waals surface area (Å²) in [7, 11) is 0. The van der Waals surface area contributed by atoms with Crippen molar-refractivity contribution in [3.8, 4) is 17.2 Å². The van der Waals surface area contributed by atoms with E-state index in [-0.39, 0.29) is 18.3 Å². The average Bonchev–Trinajstić information content (AvgIpc) is 3.18. The Balaban J connectivity index is 1.39. The third kappa shape index (κ3) is 3.96. The number of hydrogen-bond acceptors (Lipinski definition) is 5. The molecule has 2 heterocycles. The van der Waals surface area contributed by atoms with Crippen LogP contribution in [-0.2, 0) is 6.61 Å². The van der Waals surface area contributed by atoms with E-state index in [0.717, 1.165) is 16.9 Å². The van der Waals surface area contributed by atoms with Gasteiger partial charge in [-0.3, -0.25) is 4.79 Å². The van der Waals surface area contributed by atoms with Crippen LogP contribution in [0.3, 0.4) is 0 Å². The van der Waals surface area contributed by atoms with Crippen LogP contribution in [0.4, 0.5) is 5.69 Å². The minimum atomic E-state index is -0.338. The molecule has 1 aliphatic heterocycles. The number of carbonyl (C=O) groups excluding carboxylic acids is 1. The Hall–Kier alpha value is -3.41. The molecule has 6 nitrogen and oxygen atoms in total. The molecule has 0 fully saturated rings. The minimum Gasteiger partial charge on any atom is -0.486 e. The zero-order chi connectivity index (χ0) is 19.5. The third-order valence-corrected chi connectivity index (χ3v) is 4.40. The third-order valence-electron chi connectivity index (χ3n) is 4.40. The number of benzene rings is 2. The smallest absolute Gasteiger partial charge is 0.291 e. The molecule has 1 aliphatic rings. The lowest BCUT2D eigenvalue weighted by atomic mass is 10.1. The lowest BCUT2D eigenvalue weighted by Gasteiger charge is -2.18. The first kappa shape index (κ1) is 18.0. The second-order valence-corrected chi connectivity index (χ2v) is 6.64. The van der Waals surface area contributed by atoms with Gasteiger partial charge < -0.3 is 23.9 Å². The number of ether oxygens (including phenoxy) is 3. The predicted molar refractivity (Wildman–Crippen MR) is 104 cm³/mol. The van der Waals surface area contributed by atoms with E-state index < -0.39 is 0 Å². The molecule has 0 bridgehead atoms. The summed E-state index contributed by atoms with van der Waals surface area (Å²) in [6.07, 6.45) is 0. The molecule has 6 heteroatoms. The van der Waals surface area contributed by atoms with Crippen molar-refractivity contribution in [2.75, 3.05) is 18.5 Å². The van der Waals surface area contributed by atoms with Crippen LogP contribution in [-0.4, -0.2) is 19.1 Å². The van der Waals surface area contributed by atoms with Gasteiger partial charge in [0, 0.05) is 11.8 Å². The van der Waals surface area contributed by atoms with Crippen molar-refractivity contribution in [2.24, 2.45) is 0 Å². The molecule has 0 saturated heterocycles. The van der Waals surface area contributed by atoms with Crippen molar-refractivity contribution < 1.29 is 23.4 Å². The van der Waals surface area contributed by atoms with Crippen LogP contribution in [0.2, 0.25) is 0 Å².